The van der Waals surface area contributed by atoms with Gasteiger partial charge in [-0.3, -0.25) is 0 Å². The Balaban J connectivity index is 0.00000144. The number of fused-ring (bicyclic) bond motifs is 1. The van der Waals surface area contributed by atoms with Crippen LogP contribution in [0.15, 0.2) is 36.4 Å². The Morgan fingerprint density at radius 1 is 0.882 bits per heavy atom. The minimum atomic E-state index is -1.23. The van der Waals surface area contributed by atoms with E-state index in [2.05, 4.69) is 0 Å². The molecular weight excluding hydrogens is 224 g/mol. The number of carboxylic acids is 2. The zero-order chi connectivity index (χ0) is 11.7. The van der Waals surface area contributed by atoms with Crippen molar-refractivity contribution in [3.05, 3.63) is 47.5 Å². The van der Waals surface area contributed by atoms with Gasteiger partial charge in [0.1, 0.15) is 0 Å². The van der Waals surface area contributed by atoms with Crippen molar-refractivity contribution in [2.75, 3.05) is 0 Å². The van der Waals surface area contributed by atoms with Crippen molar-refractivity contribution in [2.24, 2.45) is 0 Å². The molecular formula is C12H10O5. The monoisotopic (exact) mass is 234 g/mol. The molecule has 5 nitrogen and oxygen atoms in total. The van der Waals surface area contributed by atoms with Gasteiger partial charge in [0.2, 0.25) is 0 Å². The second kappa shape index (κ2) is 4.63. The first-order chi connectivity index (χ1) is 7.61. The van der Waals surface area contributed by atoms with Crippen LogP contribution in [-0.4, -0.2) is 27.6 Å². The molecule has 0 atom stereocenters. The molecule has 2 rings (SSSR count). The van der Waals surface area contributed by atoms with Gasteiger partial charge in [-0.25, -0.2) is 9.59 Å². The standard InChI is InChI=1S/C12H8O4.H2O/c13-11(14)9-6-5-7-3-1-2-4-8(7)10(9)12(15)16;/h1-6H,(H,13,14)(H,15,16);1H2. The summed E-state index contributed by atoms with van der Waals surface area (Å²) in [5, 5.41) is 19.1. The van der Waals surface area contributed by atoms with E-state index in [0.717, 1.165) is 0 Å². The highest BCUT2D eigenvalue weighted by atomic mass is 16.4. The molecule has 4 N–H and O–H groups in total. The van der Waals surface area contributed by atoms with Gasteiger partial charge in [-0.1, -0.05) is 30.3 Å². The number of hydrogen-bond donors (Lipinski definition) is 2. The fourth-order valence-electron chi connectivity index (χ4n) is 1.68. The first-order valence-electron chi connectivity index (χ1n) is 4.59. The first-order valence-corrected chi connectivity index (χ1v) is 4.59. The molecule has 0 saturated heterocycles. The van der Waals surface area contributed by atoms with E-state index in [4.69, 9.17) is 10.2 Å². The van der Waals surface area contributed by atoms with Crippen molar-refractivity contribution in [1.82, 2.24) is 0 Å². The molecule has 0 aliphatic heterocycles. The summed E-state index contributed by atoms with van der Waals surface area (Å²) >= 11 is 0. The van der Waals surface area contributed by atoms with Gasteiger partial charge in [0.25, 0.3) is 0 Å². The quantitative estimate of drug-likeness (QED) is 0.819. The molecule has 17 heavy (non-hydrogen) atoms. The van der Waals surface area contributed by atoms with Crippen LogP contribution in [-0.2, 0) is 0 Å². The van der Waals surface area contributed by atoms with Gasteiger partial charge in [-0.05, 0) is 16.8 Å². The Morgan fingerprint density at radius 2 is 1.53 bits per heavy atom. The molecule has 0 radical (unpaired) electrons. The van der Waals surface area contributed by atoms with Gasteiger partial charge < -0.3 is 15.7 Å². The molecule has 0 aromatic heterocycles. The van der Waals surface area contributed by atoms with Crippen molar-refractivity contribution < 1.29 is 25.3 Å². The zero-order valence-electron chi connectivity index (χ0n) is 8.68. The third-order valence-corrected chi connectivity index (χ3v) is 2.37. The molecule has 0 bridgehead atoms. The van der Waals surface area contributed by atoms with Crippen molar-refractivity contribution in [3.63, 3.8) is 0 Å². The SMILES string of the molecule is O.O=C(O)c1ccc2ccccc2c1C(=O)O. The van der Waals surface area contributed by atoms with Crippen LogP contribution in [0.1, 0.15) is 20.7 Å². The Morgan fingerprint density at radius 3 is 2.12 bits per heavy atom. The maximum Gasteiger partial charge on any atom is 0.337 e. The topological polar surface area (TPSA) is 106 Å². The van der Waals surface area contributed by atoms with Crippen LogP contribution in [0.25, 0.3) is 10.8 Å². The molecule has 0 amide bonds. The summed E-state index contributed by atoms with van der Waals surface area (Å²) in [6, 6.07) is 9.72. The molecule has 0 aliphatic rings. The highest BCUT2D eigenvalue weighted by Gasteiger charge is 2.18. The van der Waals surface area contributed by atoms with E-state index in [0.29, 0.717) is 10.8 Å². The van der Waals surface area contributed by atoms with Crippen LogP contribution in [0.3, 0.4) is 0 Å². The second-order valence-electron chi connectivity index (χ2n) is 3.32. The number of rotatable bonds is 2. The van der Waals surface area contributed by atoms with Crippen molar-refractivity contribution >= 4 is 22.7 Å². The number of aromatic carboxylic acids is 2. The summed E-state index contributed by atoms with van der Waals surface area (Å²) in [6.45, 7) is 0. The molecule has 5 heteroatoms. The minimum absolute atomic E-state index is 0. The Labute approximate surface area is 96.2 Å². The maximum atomic E-state index is 11.1. The smallest absolute Gasteiger partial charge is 0.337 e. The predicted molar refractivity (Wildman–Crippen MR) is 61.5 cm³/mol. The Kier molecular flexibility index (Phi) is 3.45. The molecule has 88 valence electrons. The van der Waals surface area contributed by atoms with E-state index in [-0.39, 0.29) is 16.6 Å². The molecule has 0 fully saturated rings. The van der Waals surface area contributed by atoms with E-state index < -0.39 is 11.9 Å². The zero-order valence-corrected chi connectivity index (χ0v) is 8.68. The Bertz CT molecular complexity index is 588. The first kappa shape index (κ1) is 12.7. The lowest BCUT2D eigenvalue weighted by Gasteiger charge is -2.05. The Hall–Kier alpha value is -2.40. The summed E-state index contributed by atoms with van der Waals surface area (Å²) in [5.41, 5.74) is -0.350. The van der Waals surface area contributed by atoms with Crippen LogP contribution in [0.5, 0.6) is 0 Å². The number of carboxylic acid groups (broad SMARTS) is 2. The molecule has 0 aliphatic carbocycles. The number of benzene rings is 2. The number of carbonyl (C=O) groups is 2. The summed E-state index contributed by atoms with van der Waals surface area (Å²) in [4.78, 5) is 22.0. The molecule has 2 aromatic carbocycles. The van der Waals surface area contributed by atoms with E-state index >= 15 is 0 Å². The summed E-state index contributed by atoms with van der Waals surface area (Å²) in [7, 11) is 0. The van der Waals surface area contributed by atoms with Crippen LogP contribution < -0.4 is 0 Å². The van der Waals surface area contributed by atoms with Crippen molar-refractivity contribution in [2.45, 2.75) is 0 Å². The van der Waals surface area contributed by atoms with E-state index in [1.54, 1.807) is 30.3 Å². The average Bonchev–Trinajstić information content (AvgIpc) is 2.27. The van der Waals surface area contributed by atoms with Gasteiger partial charge in [0.05, 0.1) is 11.1 Å². The van der Waals surface area contributed by atoms with Gasteiger partial charge in [-0.15, -0.1) is 0 Å². The minimum Gasteiger partial charge on any atom is -0.478 e. The van der Waals surface area contributed by atoms with Crippen LogP contribution >= 0.6 is 0 Å². The van der Waals surface area contributed by atoms with E-state index in [9.17, 15) is 9.59 Å². The van der Waals surface area contributed by atoms with Crippen molar-refractivity contribution in [3.8, 4) is 0 Å². The maximum absolute atomic E-state index is 11.1. The third kappa shape index (κ3) is 2.09. The third-order valence-electron chi connectivity index (χ3n) is 2.37. The highest BCUT2D eigenvalue weighted by molar-refractivity contribution is 6.11. The van der Waals surface area contributed by atoms with Crippen LogP contribution in [0.4, 0.5) is 0 Å². The lowest BCUT2D eigenvalue weighted by Crippen LogP contribution is -2.08. The summed E-state index contributed by atoms with van der Waals surface area (Å²) in [5.74, 6) is -2.46. The normalized spacial score (nSPS) is 9.65. The summed E-state index contributed by atoms with van der Waals surface area (Å²) < 4.78 is 0. The molecule has 0 unspecified atom stereocenters. The lowest BCUT2D eigenvalue weighted by atomic mass is 9.99. The van der Waals surface area contributed by atoms with E-state index in [1.807, 2.05) is 0 Å². The number of hydrogen-bond acceptors (Lipinski definition) is 2. The van der Waals surface area contributed by atoms with Gasteiger partial charge in [0.15, 0.2) is 0 Å². The fraction of sp³-hybridized carbons (Fsp3) is 0. The molecule has 0 saturated carbocycles. The van der Waals surface area contributed by atoms with Gasteiger partial charge >= 0.3 is 11.9 Å². The lowest BCUT2D eigenvalue weighted by molar-refractivity contribution is 0.0653. The highest BCUT2D eigenvalue weighted by Crippen LogP contribution is 2.22. The average molecular weight is 234 g/mol. The van der Waals surface area contributed by atoms with Crippen LogP contribution in [0, 0.1) is 0 Å². The van der Waals surface area contributed by atoms with Gasteiger partial charge in [-0.2, -0.15) is 0 Å². The van der Waals surface area contributed by atoms with Crippen molar-refractivity contribution in [1.29, 1.82) is 0 Å². The molecule has 0 spiro atoms. The van der Waals surface area contributed by atoms with Gasteiger partial charge in [0, 0.05) is 0 Å². The summed E-state index contributed by atoms with van der Waals surface area (Å²) in [6.07, 6.45) is 0. The van der Waals surface area contributed by atoms with Crippen LogP contribution in [0.2, 0.25) is 0 Å². The molecule has 0 heterocycles. The molecule has 2 aromatic rings. The largest absolute Gasteiger partial charge is 0.478 e. The fourth-order valence-corrected chi connectivity index (χ4v) is 1.68. The second-order valence-corrected chi connectivity index (χ2v) is 3.32. The van der Waals surface area contributed by atoms with E-state index in [1.165, 1.54) is 6.07 Å². The predicted octanol–water partition coefficient (Wildman–Crippen LogP) is 1.41.